The fourth-order valence-corrected chi connectivity index (χ4v) is 1.00. The summed E-state index contributed by atoms with van der Waals surface area (Å²) in [5.41, 5.74) is 2.65. The average molecular weight is 148 g/mol. The highest BCUT2D eigenvalue weighted by Crippen LogP contribution is 2.06. The monoisotopic (exact) mass is 148 g/mol. The van der Waals surface area contributed by atoms with Crippen LogP contribution >= 0.6 is 0 Å². The van der Waals surface area contributed by atoms with Gasteiger partial charge in [0.05, 0.1) is 0 Å². The van der Waals surface area contributed by atoms with E-state index in [4.69, 9.17) is 17.7 Å². The van der Waals surface area contributed by atoms with E-state index in [1.807, 2.05) is 0 Å². The van der Waals surface area contributed by atoms with Crippen molar-refractivity contribution in [2.75, 3.05) is 14.1 Å². The maximum atomic E-state index is 9.16. The number of hydrogen-bond donors (Lipinski definition) is 2. The summed E-state index contributed by atoms with van der Waals surface area (Å²) in [6, 6.07) is 0. The summed E-state index contributed by atoms with van der Waals surface area (Å²) in [6.45, 7) is 0. The van der Waals surface area contributed by atoms with Crippen LogP contribution in [-0.2, 0) is 12.6 Å². The standard InChI is InChI=1S/C4H11N3OS/c1-6-3(9)5-7(2)4(6)8/h3-5,8-9H,1-2H3/p-1. The van der Waals surface area contributed by atoms with Crippen LogP contribution in [0.3, 0.4) is 0 Å². The quantitative estimate of drug-likeness (QED) is 0.408. The lowest BCUT2D eigenvalue weighted by Crippen LogP contribution is -2.36. The largest absolute Gasteiger partial charge is 0.757 e. The molecule has 0 amide bonds. The van der Waals surface area contributed by atoms with Gasteiger partial charge in [-0.25, -0.2) is 5.01 Å². The molecule has 0 spiro atoms. The van der Waals surface area contributed by atoms with Gasteiger partial charge in [0.25, 0.3) is 0 Å². The number of hydrogen-bond acceptors (Lipinski definition) is 5. The van der Waals surface area contributed by atoms with Crippen LogP contribution in [0.4, 0.5) is 0 Å². The van der Waals surface area contributed by atoms with Crippen LogP contribution in [0.25, 0.3) is 0 Å². The Morgan fingerprint density at radius 2 is 2.11 bits per heavy atom. The number of hydrazine groups is 1. The molecule has 1 saturated heterocycles. The molecule has 1 rings (SSSR count). The topological polar surface area (TPSA) is 38.7 Å². The summed E-state index contributed by atoms with van der Waals surface area (Å²) in [5, 5.41) is 10.7. The van der Waals surface area contributed by atoms with Crippen molar-refractivity contribution < 1.29 is 5.11 Å². The van der Waals surface area contributed by atoms with Crippen LogP contribution in [-0.4, -0.2) is 41.0 Å². The Morgan fingerprint density at radius 3 is 2.22 bits per heavy atom. The number of nitrogens with one attached hydrogen (secondary N) is 1. The summed E-state index contributed by atoms with van der Waals surface area (Å²) in [5.74, 6) is 0. The van der Waals surface area contributed by atoms with E-state index in [9.17, 15) is 0 Å². The number of rotatable bonds is 0. The van der Waals surface area contributed by atoms with Crippen molar-refractivity contribution in [3.05, 3.63) is 0 Å². The Balaban J connectivity index is 2.54. The molecule has 1 heterocycles. The van der Waals surface area contributed by atoms with Gasteiger partial charge >= 0.3 is 0 Å². The van der Waals surface area contributed by atoms with Crippen molar-refractivity contribution in [3.8, 4) is 0 Å². The maximum absolute atomic E-state index is 9.16. The molecule has 54 valence electrons. The van der Waals surface area contributed by atoms with Gasteiger partial charge in [0.15, 0.2) is 6.35 Å². The van der Waals surface area contributed by atoms with E-state index in [0.29, 0.717) is 0 Å². The Labute approximate surface area is 59.8 Å². The minimum atomic E-state index is -0.590. The van der Waals surface area contributed by atoms with Gasteiger partial charge in [-0.3, -0.25) is 10.3 Å². The van der Waals surface area contributed by atoms with E-state index in [0.717, 1.165) is 0 Å². The van der Waals surface area contributed by atoms with E-state index in [-0.39, 0.29) is 5.50 Å². The molecule has 5 heteroatoms. The van der Waals surface area contributed by atoms with Crippen LogP contribution in [0.2, 0.25) is 0 Å². The molecular weight excluding hydrogens is 138 g/mol. The molecule has 0 aliphatic carbocycles. The van der Waals surface area contributed by atoms with Crippen LogP contribution in [0.5, 0.6) is 0 Å². The average Bonchev–Trinajstić information content (AvgIpc) is 1.98. The van der Waals surface area contributed by atoms with E-state index >= 15 is 0 Å². The molecule has 0 radical (unpaired) electrons. The van der Waals surface area contributed by atoms with Crippen LogP contribution in [0, 0.1) is 0 Å². The van der Waals surface area contributed by atoms with E-state index in [1.165, 1.54) is 0 Å². The number of aliphatic hydroxyl groups is 1. The highest BCUT2D eigenvalue weighted by atomic mass is 32.1. The zero-order valence-electron chi connectivity index (χ0n) is 5.40. The predicted molar refractivity (Wildman–Crippen MR) is 35.8 cm³/mol. The van der Waals surface area contributed by atoms with E-state index in [1.54, 1.807) is 24.0 Å². The third kappa shape index (κ3) is 1.20. The summed E-state index contributed by atoms with van der Waals surface area (Å²) >= 11 is 4.89. The zero-order valence-corrected chi connectivity index (χ0v) is 6.22. The Hall–Kier alpha value is 0.190. The van der Waals surface area contributed by atoms with E-state index < -0.39 is 6.35 Å². The van der Waals surface area contributed by atoms with Gasteiger partial charge in [-0.05, 0) is 12.5 Å². The van der Waals surface area contributed by atoms with Gasteiger partial charge < -0.3 is 17.7 Å². The first-order valence-corrected chi connectivity index (χ1v) is 3.15. The molecule has 0 saturated carbocycles. The van der Waals surface area contributed by atoms with Gasteiger partial charge in [0.1, 0.15) is 0 Å². The second kappa shape index (κ2) is 2.43. The molecule has 1 fully saturated rings. The molecule has 1 aliphatic rings. The Morgan fingerprint density at radius 1 is 1.56 bits per heavy atom. The Bertz CT molecular complexity index is 100.0. The third-order valence-corrected chi connectivity index (χ3v) is 1.83. The van der Waals surface area contributed by atoms with E-state index in [2.05, 4.69) is 5.43 Å². The van der Waals surface area contributed by atoms with Gasteiger partial charge in [-0.15, -0.1) is 0 Å². The van der Waals surface area contributed by atoms with Gasteiger partial charge in [0.2, 0.25) is 0 Å². The Kier molecular flexibility index (Phi) is 1.97. The molecular formula is C4H10N3OS-. The minimum absolute atomic E-state index is 0.190. The molecule has 0 aromatic carbocycles. The molecule has 1 aliphatic heterocycles. The van der Waals surface area contributed by atoms with Crippen molar-refractivity contribution in [2.45, 2.75) is 11.8 Å². The lowest BCUT2D eigenvalue weighted by atomic mass is 10.8. The summed E-state index contributed by atoms with van der Waals surface area (Å²) in [7, 11) is 3.51. The highest BCUT2D eigenvalue weighted by Gasteiger charge is 2.24. The summed E-state index contributed by atoms with van der Waals surface area (Å²) in [6.07, 6.45) is -0.590. The molecule has 4 nitrogen and oxygen atoms in total. The molecule has 2 N–H and O–H groups in total. The maximum Gasteiger partial charge on any atom is 0.177 e. The minimum Gasteiger partial charge on any atom is -0.757 e. The second-order valence-electron chi connectivity index (χ2n) is 2.10. The first kappa shape index (κ1) is 7.30. The summed E-state index contributed by atoms with van der Waals surface area (Å²) in [4.78, 5) is 1.65. The van der Waals surface area contributed by atoms with Crippen molar-refractivity contribution in [1.82, 2.24) is 15.3 Å². The number of aliphatic hydroxyl groups excluding tert-OH is 1. The third-order valence-electron chi connectivity index (χ3n) is 1.39. The predicted octanol–water partition coefficient (Wildman–Crippen LogP) is -1.53. The van der Waals surface area contributed by atoms with Crippen LogP contribution in [0.1, 0.15) is 0 Å². The van der Waals surface area contributed by atoms with Crippen molar-refractivity contribution in [3.63, 3.8) is 0 Å². The van der Waals surface area contributed by atoms with Crippen molar-refractivity contribution in [2.24, 2.45) is 0 Å². The molecule has 9 heavy (non-hydrogen) atoms. The van der Waals surface area contributed by atoms with Crippen molar-refractivity contribution in [1.29, 1.82) is 0 Å². The smallest absolute Gasteiger partial charge is 0.177 e. The molecule has 0 aromatic heterocycles. The normalized spacial score (nSPS) is 40.0. The highest BCUT2D eigenvalue weighted by molar-refractivity contribution is 7.59. The lowest BCUT2D eigenvalue weighted by Gasteiger charge is -2.24. The van der Waals surface area contributed by atoms with Crippen LogP contribution in [0.15, 0.2) is 0 Å². The molecule has 2 atom stereocenters. The first-order valence-electron chi connectivity index (χ1n) is 2.68. The fourth-order valence-electron chi connectivity index (χ4n) is 0.726. The van der Waals surface area contributed by atoms with Crippen LogP contribution < -0.4 is 5.43 Å². The zero-order chi connectivity index (χ0) is 7.02. The van der Waals surface area contributed by atoms with Gasteiger partial charge in [0, 0.05) is 7.05 Å². The molecule has 0 aromatic rings. The number of nitrogens with zero attached hydrogens (tertiary/aromatic N) is 2. The molecule has 2 unspecified atom stereocenters. The lowest BCUT2D eigenvalue weighted by molar-refractivity contribution is -0.0443. The summed E-state index contributed by atoms with van der Waals surface area (Å²) < 4.78 is 0. The van der Waals surface area contributed by atoms with Gasteiger partial charge in [-0.1, -0.05) is 0 Å². The van der Waals surface area contributed by atoms with Crippen molar-refractivity contribution >= 4 is 12.6 Å². The SMILES string of the molecule is CN1NC([S-])N(C)C1O. The molecule has 0 bridgehead atoms. The first-order chi connectivity index (χ1) is 4.13. The van der Waals surface area contributed by atoms with Gasteiger partial charge in [-0.2, -0.15) is 0 Å². The second-order valence-corrected chi connectivity index (χ2v) is 2.55. The fraction of sp³-hybridized carbons (Fsp3) is 1.00.